The number of methoxy groups -OCH3 is 1. The van der Waals surface area contributed by atoms with Gasteiger partial charge in [0.25, 0.3) is 5.95 Å². The molecule has 0 atom stereocenters. The summed E-state index contributed by atoms with van der Waals surface area (Å²) in [6.45, 7) is 0. The van der Waals surface area contributed by atoms with E-state index in [1.54, 1.807) is 7.11 Å². The van der Waals surface area contributed by atoms with Crippen LogP contribution in [-0.2, 0) is 11.2 Å². The highest BCUT2D eigenvalue weighted by molar-refractivity contribution is 5.88. The lowest BCUT2D eigenvalue weighted by Crippen LogP contribution is -2.13. The van der Waals surface area contributed by atoms with Crippen molar-refractivity contribution in [2.45, 2.75) is 12.8 Å². The number of tetrazole rings is 1. The number of benzene rings is 1. The third-order valence-electron chi connectivity index (χ3n) is 2.98. The van der Waals surface area contributed by atoms with Crippen LogP contribution in [0.1, 0.15) is 12.3 Å². The zero-order valence-electron chi connectivity index (χ0n) is 12.2. The molecule has 0 spiro atoms. The Bertz CT molecular complexity index is 767. The van der Waals surface area contributed by atoms with E-state index in [9.17, 15) is 4.79 Å². The van der Waals surface area contributed by atoms with E-state index in [-0.39, 0.29) is 18.3 Å². The molecule has 10 nitrogen and oxygen atoms in total. The van der Waals surface area contributed by atoms with E-state index in [0.29, 0.717) is 18.1 Å². The van der Waals surface area contributed by atoms with Crippen molar-refractivity contribution in [1.29, 1.82) is 0 Å². The van der Waals surface area contributed by atoms with Crippen LogP contribution in [0.5, 0.6) is 5.75 Å². The van der Waals surface area contributed by atoms with Gasteiger partial charge in [-0.2, -0.15) is 10.2 Å². The van der Waals surface area contributed by atoms with Crippen molar-refractivity contribution >= 4 is 11.9 Å². The maximum atomic E-state index is 11.7. The Morgan fingerprint density at radius 3 is 2.87 bits per heavy atom. The van der Waals surface area contributed by atoms with Crippen molar-refractivity contribution in [1.82, 2.24) is 30.8 Å². The quantitative estimate of drug-likeness (QED) is 0.683. The number of nitrogens with one attached hydrogen (secondary N) is 2. The van der Waals surface area contributed by atoms with Gasteiger partial charge < -0.3 is 9.26 Å². The first-order valence-electron chi connectivity index (χ1n) is 6.75. The van der Waals surface area contributed by atoms with E-state index in [1.165, 1.54) is 0 Å². The molecule has 2 N–H and O–H groups in total. The molecular formula is C13H13N7O3. The summed E-state index contributed by atoms with van der Waals surface area (Å²) in [5, 5.41) is 19.2. The first-order chi connectivity index (χ1) is 11.2. The molecule has 0 saturated heterocycles. The first kappa shape index (κ1) is 14.6. The molecule has 0 radical (unpaired) electrons. The smallest absolute Gasteiger partial charge is 0.269 e. The number of nitrogens with zero attached hydrogens (tertiary/aromatic N) is 5. The Hall–Kier alpha value is -3.30. The number of hydrogen-bond donors (Lipinski definition) is 2. The maximum absolute atomic E-state index is 11.7. The van der Waals surface area contributed by atoms with Crippen LogP contribution >= 0.6 is 0 Å². The fourth-order valence-corrected chi connectivity index (χ4v) is 1.84. The highest BCUT2D eigenvalue weighted by Crippen LogP contribution is 2.19. The molecule has 118 valence electrons. The second-order valence-electron chi connectivity index (χ2n) is 4.52. The lowest BCUT2D eigenvalue weighted by atomic mass is 10.2. The highest BCUT2D eigenvalue weighted by atomic mass is 16.5. The van der Waals surface area contributed by atoms with E-state index in [0.717, 1.165) is 11.3 Å². The first-order valence-corrected chi connectivity index (χ1v) is 6.75. The second kappa shape index (κ2) is 6.64. The Kier molecular flexibility index (Phi) is 4.22. The summed E-state index contributed by atoms with van der Waals surface area (Å²) >= 11 is 0. The Morgan fingerprint density at radius 1 is 1.35 bits per heavy atom. The molecule has 0 fully saturated rings. The van der Waals surface area contributed by atoms with Gasteiger partial charge in [0, 0.05) is 18.4 Å². The van der Waals surface area contributed by atoms with Crippen LogP contribution in [0.2, 0.25) is 0 Å². The van der Waals surface area contributed by atoms with Crippen molar-refractivity contribution in [3.05, 3.63) is 30.2 Å². The van der Waals surface area contributed by atoms with Gasteiger partial charge in [-0.1, -0.05) is 10.3 Å². The van der Waals surface area contributed by atoms with Crippen LogP contribution in [0.15, 0.2) is 28.8 Å². The molecule has 0 bridgehead atoms. The maximum Gasteiger partial charge on any atom is 0.269 e. The average molecular weight is 315 g/mol. The monoisotopic (exact) mass is 315 g/mol. The Labute approximate surface area is 130 Å². The molecule has 23 heavy (non-hydrogen) atoms. The molecule has 3 aromatic rings. The summed E-state index contributed by atoms with van der Waals surface area (Å²) in [6.07, 6.45) is 0.478. The van der Waals surface area contributed by atoms with Crippen LogP contribution in [0, 0.1) is 0 Å². The van der Waals surface area contributed by atoms with E-state index in [4.69, 9.17) is 9.26 Å². The lowest BCUT2D eigenvalue weighted by molar-refractivity contribution is -0.116. The third-order valence-corrected chi connectivity index (χ3v) is 2.98. The van der Waals surface area contributed by atoms with Gasteiger partial charge in [-0.25, -0.2) is 0 Å². The normalized spacial score (nSPS) is 10.5. The van der Waals surface area contributed by atoms with Crippen LogP contribution in [0.4, 0.5) is 5.95 Å². The van der Waals surface area contributed by atoms with Gasteiger partial charge in [-0.05, 0) is 29.5 Å². The minimum atomic E-state index is -0.268. The molecule has 0 unspecified atom stereocenters. The molecule has 3 rings (SSSR count). The lowest BCUT2D eigenvalue weighted by Gasteiger charge is -1.99. The van der Waals surface area contributed by atoms with Crippen LogP contribution in [0.25, 0.3) is 11.4 Å². The summed E-state index contributed by atoms with van der Waals surface area (Å²) in [6, 6.07) is 7.28. The van der Waals surface area contributed by atoms with Crippen molar-refractivity contribution in [2.24, 2.45) is 0 Å². The zero-order valence-corrected chi connectivity index (χ0v) is 12.2. The highest BCUT2D eigenvalue weighted by Gasteiger charge is 2.12. The SMILES string of the molecule is COc1ccc(-c2noc(CCC(=O)Nc3nn[nH]n3)n2)cc1. The number of H-pyrrole nitrogens is 1. The summed E-state index contributed by atoms with van der Waals surface area (Å²) in [5.74, 6) is 1.44. The number of amides is 1. The van der Waals surface area contributed by atoms with Crippen LogP contribution in [0.3, 0.4) is 0 Å². The topological polar surface area (TPSA) is 132 Å². The molecule has 2 aromatic heterocycles. The second-order valence-corrected chi connectivity index (χ2v) is 4.52. The minimum Gasteiger partial charge on any atom is -0.497 e. The zero-order chi connectivity index (χ0) is 16.1. The van der Waals surface area contributed by atoms with Gasteiger partial charge in [0.2, 0.25) is 17.6 Å². The fourth-order valence-electron chi connectivity index (χ4n) is 1.84. The molecule has 0 saturated carbocycles. The Morgan fingerprint density at radius 2 is 2.17 bits per heavy atom. The van der Waals surface area contributed by atoms with E-state index < -0.39 is 0 Å². The van der Waals surface area contributed by atoms with E-state index in [2.05, 4.69) is 36.1 Å². The van der Waals surface area contributed by atoms with E-state index in [1.807, 2.05) is 24.3 Å². The van der Waals surface area contributed by atoms with Gasteiger partial charge in [0.1, 0.15) is 5.75 Å². The van der Waals surface area contributed by atoms with E-state index >= 15 is 0 Å². The van der Waals surface area contributed by atoms with Gasteiger partial charge in [0.15, 0.2) is 0 Å². The summed E-state index contributed by atoms with van der Waals surface area (Å²) in [5.41, 5.74) is 0.803. The third kappa shape index (κ3) is 3.67. The van der Waals surface area contributed by atoms with Gasteiger partial charge >= 0.3 is 0 Å². The predicted molar refractivity (Wildman–Crippen MR) is 77.4 cm³/mol. The molecule has 2 heterocycles. The number of aromatic nitrogens is 6. The minimum absolute atomic E-state index is 0.124. The number of rotatable bonds is 6. The number of carbonyl (C=O) groups is 1. The molecular weight excluding hydrogens is 302 g/mol. The standard InChI is InChI=1S/C13H13N7O3/c1-22-9-4-2-8(3-5-9)12-15-11(23-18-12)7-6-10(21)14-13-16-19-20-17-13/h2-5H,6-7H2,1H3,(H2,14,16,17,19,20,21). The van der Waals surface area contributed by atoms with Gasteiger partial charge in [0.05, 0.1) is 7.11 Å². The number of hydrogen-bond acceptors (Lipinski definition) is 8. The fraction of sp³-hybridized carbons (Fsp3) is 0.231. The summed E-state index contributed by atoms with van der Waals surface area (Å²) < 4.78 is 10.2. The number of aryl methyl sites for hydroxylation is 1. The van der Waals surface area contributed by atoms with Crippen molar-refractivity contribution < 1.29 is 14.1 Å². The number of ether oxygens (including phenoxy) is 1. The number of anilines is 1. The molecule has 0 aliphatic carbocycles. The predicted octanol–water partition coefficient (Wildman–Crippen LogP) is 0.830. The Balaban J connectivity index is 1.57. The molecule has 1 amide bonds. The van der Waals surface area contributed by atoms with Crippen molar-refractivity contribution in [3.63, 3.8) is 0 Å². The molecule has 1 aromatic carbocycles. The van der Waals surface area contributed by atoms with Crippen LogP contribution < -0.4 is 10.1 Å². The molecule has 10 heteroatoms. The number of carbonyl (C=O) groups excluding carboxylic acids is 1. The molecule has 0 aliphatic rings. The van der Waals surface area contributed by atoms with Crippen molar-refractivity contribution in [3.8, 4) is 17.1 Å². The summed E-state index contributed by atoms with van der Waals surface area (Å²) in [4.78, 5) is 16.0. The van der Waals surface area contributed by atoms with Gasteiger partial charge in [-0.15, -0.1) is 5.10 Å². The largest absolute Gasteiger partial charge is 0.497 e. The average Bonchev–Trinajstić information content (AvgIpc) is 3.25. The van der Waals surface area contributed by atoms with Crippen molar-refractivity contribution in [2.75, 3.05) is 12.4 Å². The van der Waals surface area contributed by atoms with Gasteiger partial charge in [-0.3, -0.25) is 10.1 Å². The number of aromatic amines is 1. The molecule has 0 aliphatic heterocycles. The summed E-state index contributed by atoms with van der Waals surface area (Å²) in [7, 11) is 1.60. The van der Waals surface area contributed by atoms with Crippen LogP contribution in [-0.4, -0.2) is 43.8 Å².